The van der Waals surface area contributed by atoms with Crippen LogP contribution < -0.4 is 5.32 Å². The Balaban J connectivity index is 1.87. The maximum absolute atomic E-state index is 11.4. The van der Waals surface area contributed by atoms with Gasteiger partial charge in [-0.1, -0.05) is 19.1 Å². The van der Waals surface area contributed by atoms with Crippen molar-refractivity contribution >= 4 is 5.91 Å². The quantitative estimate of drug-likeness (QED) is 0.871. The van der Waals surface area contributed by atoms with Crippen LogP contribution in [0.1, 0.15) is 31.7 Å². The van der Waals surface area contributed by atoms with Crippen molar-refractivity contribution in [3.63, 3.8) is 0 Å². The highest BCUT2D eigenvalue weighted by atomic mass is 16.3. The van der Waals surface area contributed by atoms with Crippen LogP contribution in [-0.4, -0.2) is 35.0 Å². The molecule has 1 aromatic carbocycles. The summed E-state index contributed by atoms with van der Waals surface area (Å²) in [6, 6.07) is 7.61. The molecule has 0 radical (unpaired) electrons. The normalized spacial score (nSPS) is 20.2. The van der Waals surface area contributed by atoms with Crippen molar-refractivity contribution in [3.05, 3.63) is 29.8 Å². The highest BCUT2D eigenvalue weighted by Crippen LogP contribution is 2.16. The minimum absolute atomic E-state index is 0.136. The number of aromatic hydroxyl groups is 1. The van der Waals surface area contributed by atoms with E-state index in [4.69, 9.17) is 0 Å². The number of amides is 1. The van der Waals surface area contributed by atoms with Crippen LogP contribution in [0.5, 0.6) is 5.75 Å². The second kappa shape index (κ2) is 6.57. The third kappa shape index (κ3) is 4.24. The number of hydrogen-bond donors (Lipinski definition) is 2. The lowest BCUT2D eigenvalue weighted by Gasteiger charge is -2.33. The first-order valence-electron chi connectivity index (χ1n) is 6.97. The van der Waals surface area contributed by atoms with Gasteiger partial charge in [0.05, 0.1) is 0 Å². The number of rotatable bonds is 4. The second-order valence-corrected chi connectivity index (χ2v) is 5.16. The minimum atomic E-state index is 0.136. The molecule has 4 nitrogen and oxygen atoms in total. The van der Waals surface area contributed by atoms with Gasteiger partial charge in [-0.05, 0) is 37.1 Å². The van der Waals surface area contributed by atoms with Crippen LogP contribution in [0.2, 0.25) is 0 Å². The Hall–Kier alpha value is -1.55. The molecule has 0 aromatic heterocycles. The highest BCUT2D eigenvalue weighted by molar-refractivity contribution is 5.75. The van der Waals surface area contributed by atoms with Gasteiger partial charge in [0.2, 0.25) is 5.91 Å². The number of benzene rings is 1. The van der Waals surface area contributed by atoms with Crippen LogP contribution in [0, 0.1) is 0 Å². The smallest absolute Gasteiger partial charge is 0.219 e. The van der Waals surface area contributed by atoms with E-state index in [1.54, 1.807) is 12.1 Å². The maximum atomic E-state index is 11.4. The Morgan fingerprint density at radius 2 is 2.16 bits per heavy atom. The molecule has 1 aliphatic rings. The van der Waals surface area contributed by atoms with Crippen LogP contribution in [0.4, 0.5) is 0 Å². The van der Waals surface area contributed by atoms with E-state index in [1.807, 2.05) is 19.1 Å². The predicted octanol–water partition coefficient (Wildman–Crippen LogP) is 1.88. The van der Waals surface area contributed by atoms with Gasteiger partial charge in [0.15, 0.2) is 0 Å². The number of phenols is 1. The molecular weight excluding hydrogens is 240 g/mol. The lowest BCUT2D eigenvalue weighted by Crippen LogP contribution is -2.47. The monoisotopic (exact) mass is 262 g/mol. The van der Waals surface area contributed by atoms with Crippen LogP contribution in [0.15, 0.2) is 24.3 Å². The van der Waals surface area contributed by atoms with Crippen LogP contribution in [0.3, 0.4) is 0 Å². The number of likely N-dealkylation sites (tertiary alicyclic amines) is 1. The molecule has 104 valence electrons. The molecule has 19 heavy (non-hydrogen) atoms. The molecule has 0 bridgehead atoms. The van der Waals surface area contributed by atoms with Gasteiger partial charge in [0.1, 0.15) is 5.75 Å². The van der Waals surface area contributed by atoms with Gasteiger partial charge in [-0.2, -0.15) is 0 Å². The largest absolute Gasteiger partial charge is 0.508 e. The van der Waals surface area contributed by atoms with E-state index in [1.165, 1.54) is 5.56 Å². The Morgan fingerprint density at radius 3 is 2.84 bits per heavy atom. The molecule has 2 N–H and O–H groups in total. The van der Waals surface area contributed by atoms with Gasteiger partial charge in [-0.3, -0.25) is 9.69 Å². The first-order valence-corrected chi connectivity index (χ1v) is 6.97. The van der Waals surface area contributed by atoms with Crippen LogP contribution in [-0.2, 0) is 11.3 Å². The van der Waals surface area contributed by atoms with E-state index in [-0.39, 0.29) is 11.9 Å². The van der Waals surface area contributed by atoms with Gasteiger partial charge in [0, 0.05) is 25.6 Å². The molecule has 1 fully saturated rings. The first kappa shape index (κ1) is 13.9. The van der Waals surface area contributed by atoms with Gasteiger partial charge in [0.25, 0.3) is 0 Å². The molecule has 0 spiro atoms. The molecule has 1 aliphatic heterocycles. The summed E-state index contributed by atoms with van der Waals surface area (Å²) in [5.41, 5.74) is 1.19. The zero-order valence-electron chi connectivity index (χ0n) is 11.4. The van der Waals surface area contributed by atoms with Crippen molar-refractivity contribution in [1.82, 2.24) is 10.2 Å². The van der Waals surface area contributed by atoms with Crippen molar-refractivity contribution in [3.8, 4) is 5.75 Å². The molecule has 1 saturated heterocycles. The van der Waals surface area contributed by atoms with Crippen molar-refractivity contribution < 1.29 is 9.90 Å². The van der Waals surface area contributed by atoms with Crippen molar-refractivity contribution in [1.29, 1.82) is 0 Å². The zero-order chi connectivity index (χ0) is 13.7. The Bertz CT molecular complexity index is 417. The fourth-order valence-electron chi connectivity index (χ4n) is 2.51. The second-order valence-electron chi connectivity index (χ2n) is 5.16. The fourth-order valence-corrected chi connectivity index (χ4v) is 2.51. The average Bonchev–Trinajstić information content (AvgIpc) is 2.42. The summed E-state index contributed by atoms with van der Waals surface area (Å²) in [6.45, 7) is 4.73. The standard InChI is InChI=1S/C15H22N2O2/c1-2-15(19)16-13-4-3-9-17(11-13)10-12-5-7-14(18)8-6-12/h5-8,13,18H,2-4,9-11H2,1H3,(H,16,19). The highest BCUT2D eigenvalue weighted by Gasteiger charge is 2.20. The van der Waals surface area contributed by atoms with E-state index >= 15 is 0 Å². The van der Waals surface area contributed by atoms with E-state index < -0.39 is 0 Å². The van der Waals surface area contributed by atoms with Crippen LogP contribution >= 0.6 is 0 Å². The fraction of sp³-hybridized carbons (Fsp3) is 0.533. The zero-order valence-corrected chi connectivity index (χ0v) is 11.4. The Morgan fingerprint density at radius 1 is 1.42 bits per heavy atom. The molecular formula is C15H22N2O2. The number of hydrogen-bond acceptors (Lipinski definition) is 3. The lowest BCUT2D eigenvalue weighted by molar-refractivity contribution is -0.121. The predicted molar refractivity (Wildman–Crippen MR) is 74.8 cm³/mol. The van der Waals surface area contributed by atoms with Crippen molar-refractivity contribution in [2.45, 2.75) is 38.8 Å². The van der Waals surface area contributed by atoms with Gasteiger partial charge >= 0.3 is 0 Å². The van der Waals surface area contributed by atoms with Crippen molar-refractivity contribution in [2.75, 3.05) is 13.1 Å². The van der Waals surface area contributed by atoms with Gasteiger partial charge in [-0.25, -0.2) is 0 Å². The van der Waals surface area contributed by atoms with E-state index in [9.17, 15) is 9.90 Å². The number of nitrogens with one attached hydrogen (secondary N) is 1. The van der Waals surface area contributed by atoms with Crippen LogP contribution in [0.25, 0.3) is 0 Å². The summed E-state index contributed by atoms with van der Waals surface area (Å²) < 4.78 is 0. The summed E-state index contributed by atoms with van der Waals surface area (Å²) >= 11 is 0. The Kier molecular flexibility index (Phi) is 4.80. The summed E-state index contributed by atoms with van der Waals surface area (Å²) in [4.78, 5) is 13.8. The number of carbonyl (C=O) groups is 1. The van der Waals surface area contributed by atoms with E-state index in [0.29, 0.717) is 12.2 Å². The van der Waals surface area contributed by atoms with Gasteiger partial charge < -0.3 is 10.4 Å². The molecule has 4 heteroatoms. The third-order valence-corrected chi connectivity index (χ3v) is 3.53. The molecule has 1 unspecified atom stereocenters. The molecule has 0 saturated carbocycles. The van der Waals surface area contributed by atoms with Gasteiger partial charge in [-0.15, -0.1) is 0 Å². The topological polar surface area (TPSA) is 52.6 Å². The van der Waals surface area contributed by atoms with E-state index in [0.717, 1.165) is 32.5 Å². The lowest BCUT2D eigenvalue weighted by atomic mass is 10.0. The minimum Gasteiger partial charge on any atom is -0.508 e. The molecule has 0 aliphatic carbocycles. The molecule has 1 heterocycles. The molecule has 1 aromatic rings. The molecule has 1 amide bonds. The Labute approximate surface area is 114 Å². The first-order chi connectivity index (χ1) is 9.17. The number of piperidine rings is 1. The summed E-state index contributed by atoms with van der Waals surface area (Å²) in [5, 5.41) is 12.3. The average molecular weight is 262 g/mol. The number of nitrogens with zero attached hydrogens (tertiary/aromatic N) is 1. The third-order valence-electron chi connectivity index (χ3n) is 3.53. The number of phenolic OH excluding ortho intramolecular Hbond substituents is 1. The summed E-state index contributed by atoms with van der Waals surface area (Å²) in [5.74, 6) is 0.437. The summed E-state index contributed by atoms with van der Waals surface area (Å²) in [6.07, 6.45) is 2.74. The SMILES string of the molecule is CCC(=O)NC1CCCN(Cc2ccc(O)cc2)C1. The summed E-state index contributed by atoms with van der Waals surface area (Å²) in [7, 11) is 0. The molecule has 2 rings (SSSR count). The van der Waals surface area contributed by atoms with Crippen molar-refractivity contribution in [2.24, 2.45) is 0 Å². The van der Waals surface area contributed by atoms with E-state index in [2.05, 4.69) is 10.2 Å². The molecule has 1 atom stereocenters. The number of carbonyl (C=O) groups excluding carboxylic acids is 1. The maximum Gasteiger partial charge on any atom is 0.219 e.